The average Bonchev–Trinajstić information content (AvgIpc) is 2.75. The van der Waals surface area contributed by atoms with Crippen molar-refractivity contribution in [2.45, 2.75) is 33.1 Å². The lowest BCUT2D eigenvalue weighted by Crippen LogP contribution is -2.43. The van der Waals surface area contributed by atoms with Gasteiger partial charge < -0.3 is 19.5 Å². The largest absolute Gasteiger partial charge is 0.468 e. The van der Waals surface area contributed by atoms with E-state index in [1.165, 1.54) is 25.3 Å². The van der Waals surface area contributed by atoms with Crippen LogP contribution in [-0.4, -0.2) is 44.7 Å². The molecule has 3 unspecified atom stereocenters. The Morgan fingerprint density at radius 1 is 1.22 bits per heavy atom. The van der Waals surface area contributed by atoms with E-state index in [2.05, 4.69) is 5.32 Å². The fourth-order valence-electron chi connectivity index (χ4n) is 4.39. The molecule has 1 aliphatic carbocycles. The summed E-state index contributed by atoms with van der Waals surface area (Å²) in [6, 6.07) is 5.99. The summed E-state index contributed by atoms with van der Waals surface area (Å²) in [6.07, 6.45) is 0.385. The summed E-state index contributed by atoms with van der Waals surface area (Å²) in [7, 11) is 1.23. The van der Waals surface area contributed by atoms with Crippen LogP contribution >= 0.6 is 0 Å². The first-order valence-electron chi connectivity index (χ1n) is 10.6. The van der Waals surface area contributed by atoms with Gasteiger partial charge in [-0.25, -0.2) is 9.18 Å². The Balaban J connectivity index is 2.09. The number of halogens is 1. The molecular formula is C24H28FNO6. The number of methoxy groups -OCH3 is 1. The summed E-state index contributed by atoms with van der Waals surface area (Å²) in [5, 5.41) is 3.14. The van der Waals surface area contributed by atoms with Gasteiger partial charge in [0.15, 0.2) is 5.78 Å². The molecule has 0 spiro atoms. The number of dihydropyridines is 1. The van der Waals surface area contributed by atoms with E-state index in [1.807, 2.05) is 6.92 Å². The van der Waals surface area contributed by atoms with Gasteiger partial charge in [0.25, 0.3) is 0 Å². The number of nitrogens with one attached hydrogen (secondary N) is 1. The van der Waals surface area contributed by atoms with E-state index in [1.54, 1.807) is 19.9 Å². The molecule has 0 amide bonds. The quantitative estimate of drug-likeness (QED) is 0.392. The molecule has 3 atom stereocenters. The van der Waals surface area contributed by atoms with Gasteiger partial charge in [0.2, 0.25) is 0 Å². The summed E-state index contributed by atoms with van der Waals surface area (Å²) in [4.78, 5) is 39.0. The van der Waals surface area contributed by atoms with Gasteiger partial charge in [-0.15, -0.1) is 0 Å². The Kier molecular flexibility index (Phi) is 7.45. The van der Waals surface area contributed by atoms with Gasteiger partial charge in [0.1, 0.15) is 18.3 Å². The Morgan fingerprint density at radius 2 is 1.94 bits per heavy atom. The van der Waals surface area contributed by atoms with Crippen molar-refractivity contribution in [3.8, 4) is 0 Å². The number of hydrogen-bond acceptors (Lipinski definition) is 7. The van der Waals surface area contributed by atoms with Crippen molar-refractivity contribution in [2.75, 3.05) is 26.9 Å². The monoisotopic (exact) mass is 445 g/mol. The van der Waals surface area contributed by atoms with Crippen LogP contribution in [0, 0.1) is 17.7 Å². The Bertz CT molecular complexity index is 982. The molecule has 3 rings (SSSR count). The smallest absolute Gasteiger partial charge is 0.336 e. The van der Waals surface area contributed by atoms with E-state index < -0.39 is 35.4 Å². The molecule has 0 radical (unpaired) electrons. The highest BCUT2D eigenvalue weighted by molar-refractivity contribution is 6.12. The van der Waals surface area contributed by atoms with Crippen LogP contribution in [0.2, 0.25) is 0 Å². The van der Waals surface area contributed by atoms with Crippen LogP contribution < -0.4 is 5.32 Å². The lowest BCUT2D eigenvalue weighted by Gasteiger charge is -2.38. The lowest BCUT2D eigenvalue weighted by molar-refractivity contribution is -0.151. The van der Waals surface area contributed by atoms with Crippen molar-refractivity contribution >= 4 is 17.7 Å². The first-order valence-corrected chi connectivity index (χ1v) is 10.6. The van der Waals surface area contributed by atoms with Gasteiger partial charge in [0, 0.05) is 29.1 Å². The van der Waals surface area contributed by atoms with Crippen molar-refractivity contribution in [3.05, 3.63) is 58.2 Å². The van der Waals surface area contributed by atoms with Crippen molar-refractivity contribution in [1.29, 1.82) is 0 Å². The highest BCUT2D eigenvalue weighted by Gasteiger charge is 2.47. The van der Waals surface area contributed by atoms with Crippen molar-refractivity contribution in [1.82, 2.24) is 5.32 Å². The molecule has 1 aromatic rings. The number of ketones is 1. The number of carbonyl (C=O) groups is 3. The fourth-order valence-corrected chi connectivity index (χ4v) is 4.39. The Labute approximate surface area is 186 Å². The van der Waals surface area contributed by atoms with Crippen LogP contribution in [0.1, 0.15) is 38.7 Å². The SMILES string of the molecule is CCOCCOC(=O)C1=C(C)NC2=C(C(=O)C(C(=O)OC)C(C)C2)C1c1ccccc1F. The van der Waals surface area contributed by atoms with Gasteiger partial charge in [-0.1, -0.05) is 25.1 Å². The maximum absolute atomic E-state index is 14.9. The van der Waals surface area contributed by atoms with Crippen LogP contribution in [0.15, 0.2) is 46.8 Å². The van der Waals surface area contributed by atoms with Crippen LogP contribution in [0.3, 0.4) is 0 Å². The molecule has 1 aromatic carbocycles. The maximum Gasteiger partial charge on any atom is 0.336 e. The summed E-state index contributed by atoms with van der Waals surface area (Å²) < 4.78 is 30.4. The number of allylic oxidation sites excluding steroid dienone is 3. The number of hydrogen-bond donors (Lipinski definition) is 1. The third kappa shape index (κ3) is 4.46. The number of carbonyl (C=O) groups excluding carboxylic acids is 3. The van der Waals surface area contributed by atoms with Gasteiger partial charge in [-0.2, -0.15) is 0 Å². The van der Waals surface area contributed by atoms with Crippen LogP contribution in [-0.2, 0) is 28.6 Å². The summed E-state index contributed by atoms with van der Waals surface area (Å²) in [5.41, 5.74) is 1.57. The van der Waals surface area contributed by atoms with Crippen molar-refractivity contribution in [3.63, 3.8) is 0 Å². The van der Waals surface area contributed by atoms with Crippen molar-refractivity contribution in [2.24, 2.45) is 11.8 Å². The Hall–Kier alpha value is -3.00. The van der Waals surface area contributed by atoms with Crippen LogP contribution in [0.25, 0.3) is 0 Å². The molecule has 1 heterocycles. The second kappa shape index (κ2) is 10.1. The second-order valence-electron chi connectivity index (χ2n) is 7.89. The summed E-state index contributed by atoms with van der Waals surface area (Å²) >= 11 is 0. The highest BCUT2D eigenvalue weighted by Crippen LogP contribution is 2.45. The summed E-state index contributed by atoms with van der Waals surface area (Å²) in [6.45, 7) is 6.04. The van der Waals surface area contributed by atoms with E-state index in [0.29, 0.717) is 24.4 Å². The molecule has 32 heavy (non-hydrogen) atoms. The zero-order valence-corrected chi connectivity index (χ0v) is 18.7. The third-order valence-electron chi connectivity index (χ3n) is 5.84. The second-order valence-corrected chi connectivity index (χ2v) is 7.89. The molecule has 0 fully saturated rings. The number of Topliss-reactive ketones (excluding diaryl/α,β-unsaturated/α-hetero) is 1. The van der Waals surface area contributed by atoms with Gasteiger partial charge in [-0.3, -0.25) is 9.59 Å². The molecule has 1 aliphatic heterocycles. The minimum Gasteiger partial charge on any atom is -0.468 e. The zero-order valence-electron chi connectivity index (χ0n) is 18.7. The predicted octanol–water partition coefficient (Wildman–Crippen LogP) is 3.02. The Morgan fingerprint density at radius 3 is 2.59 bits per heavy atom. The molecule has 8 heteroatoms. The maximum atomic E-state index is 14.9. The van der Waals surface area contributed by atoms with Gasteiger partial charge in [-0.05, 0) is 32.3 Å². The minimum absolute atomic E-state index is 0.0229. The van der Waals surface area contributed by atoms with Crippen LogP contribution in [0.4, 0.5) is 4.39 Å². The van der Waals surface area contributed by atoms with E-state index >= 15 is 0 Å². The molecule has 172 valence electrons. The predicted molar refractivity (Wildman–Crippen MR) is 114 cm³/mol. The number of esters is 2. The molecule has 1 N–H and O–H groups in total. The molecule has 2 aliphatic rings. The number of ether oxygens (including phenoxy) is 3. The molecule has 0 saturated heterocycles. The number of benzene rings is 1. The molecule has 0 aromatic heterocycles. The number of rotatable bonds is 7. The van der Waals surface area contributed by atoms with E-state index in [-0.39, 0.29) is 35.8 Å². The fraction of sp³-hybridized carbons (Fsp3) is 0.458. The van der Waals surface area contributed by atoms with E-state index in [0.717, 1.165) is 0 Å². The van der Waals surface area contributed by atoms with Crippen molar-refractivity contribution < 1.29 is 33.0 Å². The minimum atomic E-state index is -1.02. The molecule has 0 bridgehead atoms. The zero-order chi connectivity index (χ0) is 23.4. The topological polar surface area (TPSA) is 90.9 Å². The van der Waals surface area contributed by atoms with E-state index in [4.69, 9.17) is 14.2 Å². The van der Waals surface area contributed by atoms with Gasteiger partial charge in [0.05, 0.1) is 25.2 Å². The van der Waals surface area contributed by atoms with Gasteiger partial charge >= 0.3 is 11.9 Å². The first kappa shape index (κ1) is 23.7. The molecular weight excluding hydrogens is 417 g/mol. The lowest BCUT2D eigenvalue weighted by atomic mass is 9.69. The molecule has 0 saturated carbocycles. The highest BCUT2D eigenvalue weighted by atomic mass is 19.1. The molecule has 7 nitrogen and oxygen atoms in total. The average molecular weight is 445 g/mol. The van der Waals surface area contributed by atoms with Crippen LogP contribution in [0.5, 0.6) is 0 Å². The normalized spacial score (nSPS) is 22.9. The first-order chi connectivity index (χ1) is 15.3. The summed E-state index contributed by atoms with van der Waals surface area (Å²) in [5.74, 6) is -4.68. The third-order valence-corrected chi connectivity index (χ3v) is 5.84. The van der Waals surface area contributed by atoms with E-state index in [9.17, 15) is 18.8 Å². The standard InChI is InChI=1S/C24H28FNO6/c1-5-31-10-11-32-24(29)19-14(3)26-17-12-13(2)18(23(28)30-4)22(27)21(17)20(19)15-8-6-7-9-16(15)25/h6-9,13,18,20,26H,5,10-12H2,1-4H3.